The predicted octanol–water partition coefficient (Wildman–Crippen LogP) is 1.40. The molecule has 148 valence electrons. The van der Waals surface area contributed by atoms with Crippen LogP contribution in [0.2, 0.25) is 0 Å². The number of pyridine rings is 2. The van der Waals surface area contributed by atoms with Gasteiger partial charge in [0, 0.05) is 49.6 Å². The van der Waals surface area contributed by atoms with Crippen molar-refractivity contribution in [2.45, 2.75) is 11.9 Å². The molecule has 0 aliphatic rings. The highest BCUT2D eigenvalue weighted by Gasteiger charge is 2.17. The molecule has 0 bridgehead atoms. The number of aromatic nitrogens is 3. The maximum atomic E-state index is 12.1. The van der Waals surface area contributed by atoms with Gasteiger partial charge in [-0.2, -0.15) is 0 Å². The maximum Gasteiger partial charge on any atom is 0.222 e. The molecule has 3 aromatic rings. The number of aliphatic hydroxyl groups excluding tert-OH is 1. The Labute approximate surface area is 162 Å². The molecule has 3 rings (SSSR count). The number of nitrogens with zero attached hydrogens (tertiary/aromatic N) is 3. The third-order valence-corrected chi connectivity index (χ3v) is 5.05. The third kappa shape index (κ3) is 4.12. The highest BCUT2D eigenvalue weighted by atomic mass is 32.2. The molecule has 10 heteroatoms. The second kappa shape index (κ2) is 7.56. The van der Waals surface area contributed by atoms with E-state index in [1.165, 1.54) is 13.0 Å². The van der Waals surface area contributed by atoms with E-state index in [1.807, 2.05) is 17.8 Å². The SMILES string of the molecule is CC(=O)Nc1cc2c(-c3cc(NCCO)cc(S(C)(=O)=O)n3)cn(C)c2cn1. The molecule has 0 aliphatic carbocycles. The average Bonchev–Trinajstić information content (AvgIpc) is 2.94. The number of nitrogens with one attached hydrogen (secondary N) is 2. The Hall–Kier alpha value is -2.98. The van der Waals surface area contributed by atoms with E-state index >= 15 is 0 Å². The Bertz CT molecular complexity index is 1150. The van der Waals surface area contributed by atoms with Crippen molar-refractivity contribution in [3.63, 3.8) is 0 Å². The van der Waals surface area contributed by atoms with Crippen LogP contribution in [0.1, 0.15) is 6.92 Å². The normalized spacial score (nSPS) is 11.6. The summed E-state index contributed by atoms with van der Waals surface area (Å²) < 4.78 is 26.0. The molecular formula is C18H21N5O4S. The Morgan fingerprint density at radius 3 is 2.68 bits per heavy atom. The molecule has 3 N–H and O–H groups in total. The summed E-state index contributed by atoms with van der Waals surface area (Å²) >= 11 is 0. The van der Waals surface area contributed by atoms with Gasteiger partial charge in [0.05, 0.1) is 24.0 Å². The lowest BCUT2D eigenvalue weighted by Gasteiger charge is -2.09. The molecule has 0 atom stereocenters. The van der Waals surface area contributed by atoms with Gasteiger partial charge in [0.1, 0.15) is 5.82 Å². The van der Waals surface area contributed by atoms with E-state index in [0.29, 0.717) is 22.8 Å². The van der Waals surface area contributed by atoms with Crippen LogP contribution < -0.4 is 10.6 Å². The Balaban J connectivity index is 2.21. The number of fused-ring (bicyclic) bond motifs is 1. The topological polar surface area (TPSA) is 126 Å². The summed E-state index contributed by atoms with van der Waals surface area (Å²) in [4.78, 5) is 19.9. The number of anilines is 2. The molecule has 0 fully saturated rings. The lowest BCUT2D eigenvalue weighted by molar-refractivity contribution is -0.114. The maximum absolute atomic E-state index is 12.1. The fourth-order valence-electron chi connectivity index (χ4n) is 2.87. The second-order valence-corrected chi connectivity index (χ2v) is 8.39. The van der Waals surface area contributed by atoms with E-state index in [1.54, 1.807) is 18.3 Å². The molecule has 1 amide bonds. The van der Waals surface area contributed by atoms with Gasteiger partial charge in [-0.15, -0.1) is 0 Å². The minimum Gasteiger partial charge on any atom is -0.395 e. The van der Waals surface area contributed by atoms with Crippen molar-refractivity contribution < 1.29 is 18.3 Å². The van der Waals surface area contributed by atoms with Crippen molar-refractivity contribution in [2.24, 2.45) is 7.05 Å². The molecule has 0 aromatic carbocycles. The highest BCUT2D eigenvalue weighted by molar-refractivity contribution is 7.90. The Morgan fingerprint density at radius 1 is 1.29 bits per heavy atom. The van der Waals surface area contributed by atoms with Crippen molar-refractivity contribution in [3.8, 4) is 11.3 Å². The van der Waals surface area contributed by atoms with E-state index in [-0.39, 0.29) is 24.1 Å². The van der Waals surface area contributed by atoms with Gasteiger partial charge in [0.25, 0.3) is 0 Å². The van der Waals surface area contributed by atoms with Crippen LogP contribution in [0, 0.1) is 0 Å². The Kier molecular flexibility index (Phi) is 5.34. The molecule has 3 heterocycles. The molecule has 0 radical (unpaired) electrons. The fraction of sp³-hybridized carbons (Fsp3) is 0.278. The number of carbonyl (C=O) groups excluding carboxylic acids is 1. The van der Waals surface area contributed by atoms with Gasteiger partial charge in [0.15, 0.2) is 14.9 Å². The summed E-state index contributed by atoms with van der Waals surface area (Å²) in [5, 5.41) is 15.4. The van der Waals surface area contributed by atoms with E-state index in [9.17, 15) is 13.2 Å². The minimum atomic E-state index is -3.54. The number of sulfone groups is 1. The summed E-state index contributed by atoms with van der Waals surface area (Å²) in [5.74, 6) is 0.155. The van der Waals surface area contributed by atoms with Crippen LogP contribution in [0.5, 0.6) is 0 Å². The number of rotatable bonds is 6. The van der Waals surface area contributed by atoms with Crippen LogP contribution in [0.15, 0.2) is 35.6 Å². The van der Waals surface area contributed by atoms with E-state index in [2.05, 4.69) is 20.6 Å². The number of aryl methyl sites for hydroxylation is 1. The van der Waals surface area contributed by atoms with Gasteiger partial charge >= 0.3 is 0 Å². The van der Waals surface area contributed by atoms with Gasteiger partial charge < -0.3 is 20.3 Å². The summed E-state index contributed by atoms with van der Waals surface area (Å²) in [6.07, 6.45) is 4.56. The van der Waals surface area contributed by atoms with Crippen LogP contribution >= 0.6 is 0 Å². The predicted molar refractivity (Wildman–Crippen MR) is 107 cm³/mol. The van der Waals surface area contributed by atoms with Crippen LogP contribution in [-0.2, 0) is 21.7 Å². The molecule has 0 saturated carbocycles. The molecule has 28 heavy (non-hydrogen) atoms. The summed E-state index contributed by atoms with van der Waals surface area (Å²) in [6.45, 7) is 1.58. The van der Waals surface area contributed by atoms with Gasteiger partial charge in [-0.25, -0.2) is 18.4 Å². The molecule has 0 unspecified atom stereocenters. The Morgan fingerprint density at radius 2 is 2.04 bits per heavy atom. The van der Waals surface area contributed by atoms with Crippen LogP contribution in [-0.4, -0.2) is 53.4 Å². The zero-order valence-corrected chi connectivity index (χ0v) is 16.5. The van der Waals surface area contributed by atoms with Crippen LogP contribution in [0.4, 0.5) is 11.5 Å². The first-order chi connectivity index (χ1) is 13.2. The van der Waals surface area contributed by atoms with Crippen molar-refractivity contribution in [1.29, 1.82) is 0 Å². The zero-order chi connectivity index (χ0) is 20.5. The van der Waals surface area contributed by atoms with Crippen molar-refractivity contribution in [1.82, 2.24) is 14.5 Å². The summed E-state index contributed by atoms with van der Waals surface area (Å²) in [5.41, 5.74) is 2.49. The quantitative estimate of drug-likeness (QED) is 0.568. The lowest BCUT2D eigenvalue weighted by atomic mass is 10.1. The summed E-state index contributed by atoms with van der Waals surface area (Å²) in [7, 11) is -1.70. The van der Waals surface area contributed by atoms with Crippen LogP contribution in [0.25, 0.3) is 22.2 Å². The van der Waals surface area contributed by atoms with E-state index < -0.39 is 9.84 Å². The second-order valence-electron chi connectivity index (χ2n) is 6.42. The van der Waals surface area contributed by atoms with Gasteiger partial charge in [-0.1, -0.05) is 0 Å². The monoisotopic (exact) mass is 403 g/mol. The van der Waals surface area contributed by atoms with Gasteiger partial charge in [0.2, 0.25) is 5.91 Å². The molecule has 0 saturated heterocycles. The number of carbonyl (C=O) groups is 1. The van der Waals surface area contributed by atoms with Crippen molar-refractivity contribution in [2.75, 3.05) is 30.0 Å². The third-order valence-electron chi connectivity index (χ3n) is 4.08. The highest BCUT2D eigenvalue weighted by Crippen LogP contribution is 2.32. The van der Waals surface area contributed by atoms with E-state index in [4.69, 9.17) is 5.11 Å². The molecule has 0 aliphatic heterocycles. The number of hydrogen-bond acceptors (Lipinski definition) is 7. The molecule has 3 aromatic heterocycles. The largest absolute Gasteiger partial charge is 0.395 e. The molecule has 9 nitrogen and oxygen atoms in total. The van der Waals surface area contributed by atoms with E-state index in [0.717, 1.165) is 17.2 Å². The first-order valence-electron chi connectivity index (χ1n) is 8.49. The smallest absolute Gasteiger partial charge is 0.222 e. The van der Waals surface area contributed by atoms with Crippen molar-refractivity contribution in [3.05, 3.63) is 30.6 Å². The lowest BCUT2D eigenvalue weighted by Crippen LogP contribution is -2.08. The number of hydrogen-bond donors (Lipinski definition) is 3. The van der Waals surface area contributed by atoms with Gasteiger partial charge in [-0.05, 0) is 18.2 Å². The van der Waals surface area contributed by atoms with Crippen molar-refractivity contribution >= 4 is 38.2 Å². The van der Waals surface area contributed by atoms with Gasteiger partial charge in [-0.3, -0.25) is 4.79 Å². The number of aliphatic hydroxyl groups is 1. The first kappa shape index (κ1) is 19.8. The first-order valence-corrected chi connectivity index (χ1v) is 10.4. The molecule has 0 spiro atoms. The summed E-state index contributed by atoms with van der Waals surface area (Å²) in [6, 6.07) is 4.88. The average molecular weight is 403 g/mol. The standard InChI is InChI=1S/C18H21N5O4S/c1-11(25)21-17-8-13-14(10-23(2)16(13)9-20-17)15-6-12(19-4-5-24)7-18(22-15)28(3,26)27/h6-10,24H,4-5H2,1-3H3,(H,19,22)(H,20,21,25). The van der Waals surface area contributed by atoms with Crippen LogP contribution in [0.3, 0.4) is 0 Å². The molecular weight excluding hydrogens is 382 g/mol. The fourth-order valence-corrected chi connectivity index (χ4v) is 3.47. The zero-order valence-electron chi connectivity index (χ0n) is 15.7. The number of amides is 1. The minimum absolute atomic E-state index is 0.0708.